The predicted molar refractivity (Wildman–Crippen MR) is 60.0 cm³/mol. The maximum absolute atomic E-state index is 12.0. The van der Waals surface area contributed by atoms with Gasteiger partial charge < -0.3 is 10.1 Å². The summed E-state index contributed by atoms with van der Waals surface area (Å²) >= 11 is 3.13. The van der Waals surface area contributed by atoms with E-state index < -0.39 is 12.1 Å². The number of amides is 1. The zero-order chi connectivity index (χ0) is 13.1. The Morgan fingerprint density at radius 1 is 1.47 bits per heavy atom. The summed E-state index contributed by atoms with van der Waals surface area (Å²) in [6.07, 6.45) is -4.90. The van der Waals surface area contributed by atoms with Crippen molar-refractivity contribution < 1.29 is 22.7 Å². The molecule has 0 aromatic heterocycles. The van der Waals surface area contributed by atoms with E-state index in [4.69, 9.17) is 4.74 Å². The number of nitrogens with one attached hydrogen (secondary N) is 1. The van der Waals surface area contributed by atoms with Crippen molar-refractivity contribution in [2.75, 3.05) is 11.9 Å². The minimum atomic E-state index is -4.90. The van der Waals surface area contributed by atoms with Crippen molar-refractivity contribution in [1.82, 2.24) is 0 Å². The number of alkyl halides is 3. The van der Waals surface area contributed by atoms with Gasteiger partial charge in [-0.2, -0.15) is 13.2 Å². The van der Waals surface area contributed by atoms with Gasteiger partial charge in [0.15, 0.2) is 0 Å². The summed E-state index contributed by atoms with van der Waals surface area (Å²) in [7, 11) is 0. The highest BCUT2D eigenvalue weighted by atomic mass is 79.9. The second-order valence-corrected chi connectivity index (χ2v) is 3.88. The number of rotatable bonds is 3. The summed E-state index contributed by atoms with van der Waals surface area (Å²) in [5, 5.41) is 1.74. The molecule has 0 aliphatic rings. The van der Waals surface area contributed by atoms with Crippen LogP contribution in [0.25, 0.3) is 0 Å². The Bertz CT molecular complexity index is 421. The molecule has 0 saturated carbocycles. The Hall–Kier alpha value is -1.24. The van der Waals surface area contributed by atoms with E-state index in [1.165, 1.54) is 18.2 Å². The van der Waals surface area contributed by atoms with Crippen molar-refractivity contribution in [1.29, 1.82) is 0 Å². The highest BCUT2D eigenvalue weighted by Gasteiger charge is 2.38. The van der Waals surface area contributed by atoms with E-state index in [-0.39, 0.29) is 5.69 Å². The molecule has 3 nitrogen and oxygen atoms in total. The Balaban J connectivity index is 2.81. The van der Waals surface area contributed by atoms with Gasteiger partial charge in [-0.15, -0.1) is 0 Å². The van der Waals surface area contributed by atoms with Crippen LogP contribution in [0.15, 0.2) is 22.7 Å². The number of benzene rings is 1. The first-order chi connectivity index (χ1) is 7.84. The first-order valence-electron chi connectivity index (χ1n) is 4.65. The van der Waals surface area contributed by atoms with Gasteiger partial charge in [-0.1, -0.05) is 0 Å². The second kappa shape index (κ2) is 5.39. The summed E-state index contributed by atoms with van der Waals surface area (Å²) in [4.78, 5) is 10.7. The molecule has 1 aromatic carbocycles. The van der Waals surface area contributed by atoms with Gasteiger partial charge >= 0.3 is 12.1 Å². The highest BCUT2D eigenvalue weighted by Crippen LogP contribution is 2.29. The molecule has 1 rings (SSSR count). The lowest BCUT2D eigenvalue weighted by molar-refractivity contribution is -0.167. The number of halogens is 4. The number of anilines is 1. The topological polar surface area (TPSA) is 38.3 Å². The Morgan fingerprint density at radius 2 is 2.12 bits per heavy atom. The van der Waals surface area contributed by atoms with Crippen molar-refractivity contribution in [3.63, 3.8) is 0 Å². The van der Waals surface area contributed by atoms with E-state index in [1.807, 2.05) is 0 Å². The average molecular weight is 312 g/mol. The van der Waals surface area contributed by atoms with E-state index in [0.717, 1.165) is 0 Å². The van der Waals surface area contributed by atoms with Gasteiger partial charge in [0.1, 0.15) is 5.75 Å². The molecule has 0 heterocycles. The van der Waals surface area contributed by atoms with Gasteiger partial charge in [0, 0.05) is 5.69 Å². The van der Waals surface area contributed by atoms with E-state index in [1.54, 1.807) is 12.2 Å². The van der Waals surface area contributed by atoms with Gasteiger partial charge in [-0.3, -0.25) is 4.79 Å². The lowest BCUT2D eigenvalue weighted by atomic mass is 10.3. The summed E-state index contributed by atoms with van der Waals surface area (Å²) in [6, 6.07) is 4.15. The maximum atomic E-state index is 12.0. The Labute approximate surface area is 104 Å². The van der Waals surface area contributed by atoms with Crippen molar-refractivity contribution in [3.8, 4) is 5.75 Å². The number of ether oxygens (including phenoxy) is 1. The molecule has 0 bridgehead atoms. The Kier molecular flexibility index (Phi) is 4.39. The molecule has 0 aliphatic heterocycles. The first-order valence-corrected chi connectivity index (χ1v) is 5.44. The van der Waals surface area contributed by atoms with Crippen LogP contribution in [0.3, 0.4) is 0 Å². The zero-order valence-electron chi connectivity index (χ0n) is 8.77. The molecule has 0 saturated heterocycles. The third-order valence-corrected chi connectivity index (χ3v) is 2.37. The molecule has 0 spiro atoms. The zero-order valence-corrected chi connectivity index (χ0v) is 10.4. The molecule has 0 atom stereocenters. The molecule has 7 heteroatoms. The monoisotopic (exact) mass is 311 g/mol. The van der Waals surface area contributed by atoms with Crippen molar-refractivity contribution in [2.24, 2.45) is 0 Å². The third-order valence-electron chi connectivity index (χ3n) is 1.75. The van der Waals surface area contributed by atoms with Crippen LogP contribution in [0, 0.1) is 0 Å². The van der Waals surface area contributed by atoms with Gasteiger partial charge in [-0.25, -0.2) is 0 Å². The van der Waals surface area contributed by atoms with E-state index in [9.17, 15) is 18.0 Å². The summed E-state index contributed by atoms with van der Waals surface area (Å²) in [5.74, 6) is -1.51. The van der Waals surface area contributed by atoms with Crippen LogP contribution in [0.5, 0.6) is 5.75 Å². The predicted octanol–water partition coefficient (Wildman–Crippen LogP) is 3.35. The molecule has 0 unspecified atom stereocenters. The lowest BCUT2D eigenvalue weighted by Crippen LogP contribution is -2.29. The van der Waals surface area contributed by atoms with Crippen LogP contribution in [-0.2, 0) is 4.79 Å². The number of carbonyl (C=O) groups is 1. The quantitative estimate of drug-likeness (QED) is 0.929. The number of carbonyl (C=O) groups excluding carboxylic acids is 1. The second-order valence-electron chi connectivity index (χ2n) is 3.03. The summed E-state index contributed by atoms with van der Waals surface area (Å²) in [6.45, 7) is 2.22. The fourth-order valence-electron chi connectivity index (χ4n) is 1.05. The van der Waals surface area contributed by atoms with Gasteiger partial charge in [0.2, 0.25) is 0 Å². The van der Waals surface area contributed by atoms with Crippen LogP contribution >= 0.6 is 15.9 Å². The summed E-state index contributed by atoms with van der Waals surface area (Å²) in [5.41, 5.74) is 0.0441. The minimum absolute atomic E-state index is 0.0441. The van der Waals surface area contributed by atoms with Crippen molar-refractivity contribution in [2.45, 2.75) is 13.1 Å². The Morgan fingerprint density at radius 3 is 2.59 bits per heavy atom. The third kappa shape index (κ3) is 3.92. The highest BCUT2D eigenvalue weighted by molar-refractivity contribution is 9.10. The van der Waals surface area contributed by atoms with Gasteiger partial charge in [-0.05, 0) is 41.1 Å². The SMILES string of the molecule is CCOc1ccc(NC(=O)C(F)(F)F)cc1Br. The number of hydrogen-bond donors (Lipinski definition) is 1. The molecule has 0 aliphatic carbocycles. The van der Waals surface area contributed by atoms with Crippen LogP contribution in [-0.4, -0.2) is 18.7 Å². The fraction of sp³-hybridized carbons (Fsp3) is 0.300. The van der Waals surface area contributed by atoms with E-state index in [0.29, 0.717) is 16.8 Å². The molecule has 1 aromatic rings. The minimum Gasteiger partial charge on any atom is -0.493 e. The molecular formula is C10H9BrF3NO2. The van der Waals surface area contributed by atoms with E-state index in [2.05, 4.69) is 15.9 Å². The molecule has 1 N–H and O–H groups in total. The standard InChI is InChI=1S/C10H9BrF3NO2/c1-2-17-8-4-3-6(5-7(8)11)15-9(16)10(12,13)14/h3-5H,2H2,1H3,(H,15,16). The molecule has 0 fully saturated rings. The fourth-order valence-corrected chi connectivity index (χ4v) is 1.55. The van der Waals surface area contributed by atoms with Gasteiger partial charge in [0.05, 0.1) is 11.1 Å². The first kappa shape index (κ1) is 13.8. The molecule has 0 radical (unpaired) electrons. The van der Waals surface area contributed by atoms with Crippen LogP contribution in [0.4, 0.5) is 18.9 Å². The van der Waals surface area contributed by atoms with Crippen molar-refractivity contribution >= 4 is 27.5 Å². The lowest BCUT2D eigenvalue weighted by Gasteiger charge is -2.10. The maximum Gasteiger partial charge on any atom is 0.471 e. The number of hydrogen-bond acceptors (Lipinski definition) is 2. The van der Waals surface area contributed by atoms with Crippen LogP contribution in [0.1, 0.15) is 6.92 Å². The summed E-state index contributed by atoms with van der Waals surface area (Å²) < 4.78 is 41.6. The van der Waals surface area contributed by atoms with Gasteiger partial charge in [0.25, 0.3) is 0 Å². The smallest absolute Gasteiger partial charge is 0.471 e. The van der Waals surface area contributed by atoms with Crippen LogP contribution in [0.2, 0.25) is 0 Å². The van der Waals surface area contributed by atoms with E-state index >= 15 is 0 Å². The average Bonchev–Trinajstić information content (AvgIpc) is 2.21. The van der Waals surface area contributed by atoms with Crippen LogP contribution < -0.4 is 10.1 Å². The van der Waals surface area contributed by atoms with Crippen molar-refractivity contribution in [3.05, 3.63) is 22.7 Å². The molecule has 94 valence electrons. The largest absolute Gasteiger partial charge is 0.493 e. The molecule has 17 heavy (non-hydrogen) atoms. The normalized spacial score (nSPS) is 11.1. The molecular weight excluding hydrogens is 303 g/mol. The molecule has 1 amide bonds.